The Balaban J connectivity index is 1.35. The average Bonchev–Trinajstić information content (AvgIpc) is 2.77. The van der Waals surface area contributed by atoms with Gasteiger partial charge in [-0.15, -0.1) is 0 Å². The number of benzene rings is 1. The van der Waals surface area contributed by atoms with E-state index in [1.54, 1.807) is 11.1 Å². The SMILES string of the molecule is CCCN(C1CCN(C(=O)N2CCOCC2)CC1)C1CCc2ccccc2C1. The lowest BCUT2D eigenvalue weighted by Gasteiger charge is -2.44. The van der Waals surface area contributed by atoms with Gasteiger partial charge < -0.3 is 14.5 Å². The number of hydrogen-bond donors (Lipinski definition) is 0. The van der Waals surface area contributed by atoms with Gasteiger partial charge in [-0.2, -0.15) is 0 Å². The number of amides is 2. The number of piperidine rings is 1. The van der Waals surface area contributed by atoms with E-state index >= 15 is 0 Å². The quantitative estimate of drug-likeness (QED) is 0.799. The van der Waals surface area contributed by atoms with E-state index in [4.69, 9.17) is 4.74 Å². The van der Waals surface area contributed by atoms with Crippen LogP contribution in [-0.2, 0) is 17.6 Å². The second-order valence-electron chi connectivity index (χ2n) is 8.50. The van der Waals surface area contributed by atoms with Gasteiger partial charge in [0, 0.05) is 38.3 Å². The van der Waals surface area contributed by atoms with Crippen LogP contribution in [0.15, 0.2) is 24.3 Å². The maximum absolute atomic E-state index is 12.8. The average molecular weight is 386 g/mol. The number of urea groups is 1. The Kier molecular flexibility index (Phi) is 6.53. The molecule has 0 N–H and O–H groups in total. The Bertz CT molecular complexity index is 651. The monoisotopic (exact) mass is 385 g/mol. The minimum atomic E-state index is 0.218. The number of nitrogens with zero attached hydrogens (tertiary/aromatic N) is 3. The highest BCUT2D eigenvalue weighted by molar-refractivity contribution is 5.74. The molecule has 1 unspecified atom stereocenters. The minimum absolute atomic E-state index is 0.218. The van der Waals surface area contributed by atoms with Crippen molar-refractivity contribution in [3.63, 3.8) is 0 Å². The van der Waals surface area contributed by atoms with Crippen LogP contribution >= 0.6 is 0 Å². The van der Waals surface area contributed by atoms with Gasteiger partial charge in [0.25, 0.3) is 0 Å². The summed E-state index contributed by atoms with van der Waals surface area (Å²) in [6.07, 6.45) is 7.07. The standard InChI is InChI=1S/C23H35N3O2/c1-2-11-26(22-8-7-19-5-3-4-6-20(19)18-22)21-9-12-24(13-10-21)23(27)25-14-16-28-17-15-25/h3-6,21-22H,2,7-18H2,1H3. The second-order valence-corrected chi connectivity index (χ2v) is 8.50. The van der Waals surface area contributed by atoms with E-state index in [-0.39, 0.29) is 6.03 Å². The first-order valence-corrected chi connectivity index (χ1v) is 11.2. The molecule has 5 nitrogen and oxygen atoms in total. The number of carbonyl (C=O) groups is 1. The molecule has 5 heteroatoms. The van der Waals surface area contributed by atoms with Crippen molar-refractivity contribution in [2.45, 2.75) is 57.5 Å². The summed E-state index contributed by atoms with van der Waals surface area (Å²) >= 11 is 0. The second kappa shape index (κ2) is 9.27. The molecule has 4 rings (SSSR count). The third-order valence-corrected chi connectivity index (χ3v) is 6.76. The number of carbonyl (C=O) groups excluding carboxylic acids is 1. The van der Waals surface area contributed by atoms with Gasteiger partial charge in [-0.05, 0) is 56.2 Å². The predicted molar refractivity (Wildman–Crippen MR) is 112 cm³/mol. The predicted octanol–water partition coefficient (Wildman–Crippen LogP) is 3.17. The number of likely N-dealkylation sites (tertiary alicyclic amines) is 1. The van der Waals surface area contributed by atoms with Gasteiger partial charge in [0.2, 0.25) is 0 Å². The number of fused-ring (bicyclic) bond motifs is 1. The van der Waals surface area contributed by atoms with Crippen molar-refractivity contribution in [1.82, 2.24) is 14.7 Å². The Morgan fingerprint density at radius 2 is 1.68 bits per heavy atom. The summed E-state index contributed by atoms with van der Waals surface area (Å²) in [5.41, 5.74) is 3.08. The summed E-state index contributed by atoms with van der Waals surface area (Å²) in [6.45, 7) is 8.08. The molecule has 2 aliphatic heterocycles. The van der Waals surface area contributed by atoms with E-state index in [9.17, 15) is 4.79 Å². The molecule has 2 amide bonds. The van der Waals surface area contributed by atoms with Crippen LogP contribution in [0.25, 0.3) is 0 Å². The Labute approximate surface area is 169 Å². The van der Waals surface area contributed by atoms with E-state index in [2.05, 4.69) is 41.0 Å². The first-order valence-electron chi connectivity index (χ1n) is 11.2. The minimum Gasteiger partial charge on any atom is -0.378 e. The van der Waals surface area contributed by atoms with Crippen molar-refractivity contribution >= 4 is 6.03 Å². The molecule has 0 spiro atoms. The summed E-state index contributed by atoms with van der Waals surface area (Å²) in [5.74, 6) is 0. The van der Waals surface area contributed by atoms with E-state index in [1.807, 2.05) is 4.90 Å². The molecule has 0 bridgehead atoms. The number of morpholine rings is 1. The molecule has 1 atom stereocenters. The highest BCUT2D eigenvalue weighted by atomic mass is 16.5. The zero-order valence-corrected chi connectivity index (χ0v) is 17.3. The zero-order chi connectivity index (χ0) is 19.3. The Hall–Kier alpha value is -1.59. The summed E-state index contributed by atoms with van der Waals surface area (Å²) in [7, 11) is 0. The van der Waals surface area contributed by atoms with Gasteiger partial charge in [0.05, 0.1) is 13.2 Å². The Morgan fingerprint density at radius 1 is 1.00 bits per heavy atom. The molecule has 2 saturated heterocycles. The molecule has 0 saturated carbocycles. The zero-order valence-electron chi connectivity index (χ0n) is 17.3. The lowest BCUT2D eigenvalue weighted by molar-refractivity contribution is 0.0330. The molecule has 2 heterocycles. The van der Waals surface area contributed by atoms with E-state index in [1.165, 1.54) is 32.2 Å². The number of ether oxygens (including phenoxy) is 1. The van der Waals surface area contributed by atoms with Crippen LogP contribution in [0.2, 0.25) is 0 Å². The van der Waals surface area contributed by atoms with E-state index < -0.39 is 0 Å². The third kappa shape index (κ3) is 4.36. The fourth-order valence-corrected chi connectivity index (χ4v) is 5.23. The van der Waals surface area contributed by atoms with E-state index in [0.717, 1.165) is 39.0 Å². The van der Waals surface area contributed by atoms with Crippen molar-refractivity contribution in [2.75, 3.05) is 45.9 Å². The van der Waals surface area contributed by atoms with Crippen molar-refractivity contribution in [1.29, 1.82) is 0 Å². The lowest BCUT2D eigenvalue weighted by Crippen LogP contribution is -2.54. The molecule has 28 heavy (non-hydrogen) atoms. The number of hydrogen-bond acceptors (Lipinski definition) is 3. The van der Waals surface area contributed by atoms with Gasteiger partial charge in [-0.25, -0.2) is 4.79 Å². The molecule has 154 valence electrons. The normalized spacial score (nSPS) is 23.7. The summed E-state index contributed by atoms with van der Waals surface area (Å²) in [4.78, 5) is 19.6. The molecule has 0 aromatic heterocycles. The fraction of sp³-hybridized carbons (Fsp3) is 0.696. The fourth-order valence-electron chi connectivity index (χ4n) is 5.23. The van der Waals surface area contributed by atoms with Gasteiger partial charge in [-0.3, -0.25) is 4.90 Å². The van der Waals surface area contributed by atoms with Crippen LogP contribution in [0.3, 0.4) is 0 Å². The first kappa shape index (κ1) is 19.7. The molecule has 2 fully saturated rings. The van der Waals surface area contributed by atoms with Gasteiger partial charge in [0.15, 0.2) is 0 Å². The summed E-state index contributed by atoms with van der Waals surface area (Å²) < 4.78 is 5.39. The molecule has 1 aromatic carbocycles. The van der Waals surface area contributed by atoms with Crippen LogP contribution in [0.5, 0.6) is 0 Å². The molecule has 1 aliphatic carbocycles. The molecular weight excluding hydrogens is 350 g/mol. The third-order valence-electron chi connectivity index (χ3n) is 6.76. The highest BCUT2D eigenvalue weighted by Crippen LogP contribution is 2.29. The van der Waals surface area contributed by atoms with Gasteiger partial charge in [-0.1, -0.05) is 31.2 Å². The number of aryl methyl sites for hydroxylation is 1. The summed E-state index contributed by atoms with van der Waals surface area (Å²) in [5, 5.41) is 0. The van der Waals surface area contributed by atoms with Crippen LogP contribution < -0.4 is 0 Å². The topological polar surface area (TPSA) is 36.0 Å². The number of rotatable bonds is 4. The van der Waals surface area contributed by atoms with Crippen molar-refractivity contribution in [3.05, 3.63) is 35.4 Å². The van der Waals surface area contributed by atoms with Gasteiger partial charge >= 0.3 is 6.03 Å². The van der Waals surface area contributed by atoms with Crippen molar-refractivity contribution < 1.29 is 9.53 Å². The maximum atomic E-state index is 12.8. The molecule has 3 aliphatic rings. The molecule has 1 aromatic rings. The lowest BCUT2D eigenvalue weighted by atomic mass is 9.86. The maximum Gasteiger partial charge on any atom is 0.320 e. The summed E-state index contributed by atoms with van der Waals surface area (Å²) in [6, 6.07) is 10.5. The van der Waals surface area contributed by atoms with E-state index in [0.29, 0.717) is 25.3 Å². The molecule has 0 radical (unpaired) electrons. The smallest absolute Gasteiger partial charge is 0.320 e. The van der Waals surface area contributed by atoms with Crippen LogP contribution in [0, 0.1) is 0 Å². The van der Waals surface area contributed by atoms with Crippen LogP contribution in [0.4, 0.5) is 4.79 Å². The molecular formula is C23H35N3O2. The van der Waals surface area contributed by atoms with Crippen molar-refractivity contribution in [2.24, 2.45) is 0 Å². The van der Waals surface area contributed by atoms with Crippen molar-refractivity contribution in [3.8, 4) is 0 Å². The van der Waals surface area contributed by atoms with Crippen LogP contribution in [0.1, 0.15) is 43.7 Å². The highest BCUT2D eigenvalue weighted by Gasteiger charge is 2.33. The largest absolute Gasteiger partial charge is 0.378 e. The van der Waals surface area contributed by atoms with Gasteiger partial charge in [0.1, 0.15) is 0 Å². The van der Waals surface area contributed by atoms with Crippen LogP contribution in [-0.4, -0.2) is 78.8 Å². The Morgan fingerprint density at radius 3 is 2.39 bits per heavy atom. The first-order chi connectivity index (χ1) is 13.8.